The first-order valence-electron chi connectivity index (χ1n) is 11.6. The number of halogens is 4. The standard InChI is InChI=1S/C28H19ClF3N3O4S/c29-23-15-8-19(28(30,31)32)16-24(23)34-27(37)25(17-4-2-1-3-5-17)40-22-13-9-20(10-14-22)33-26(36)18-6-11-21(12-7-18)35(38)39/h1-16,25H,(H,33,36)(H,34,37). The van der Waals surface area contributed by atoms with E-state index in [2.05, 4.69) is 10.6 Å². The largest absolute Gasteiger partial charge is 0.416 e. The highest BCUT2D eigenvalue weighted by Crippen LogP contribution is 2.38. The van der Waals surface area contributed by atoms with Gasteiger partial charge in [0.05, 0.1) is 21.2 Å². The van der Waals surface area contributed by atoms with E-state index < -0.39 is 33.7 Å². The summed E-state index contributed by atoms with van der Waals surface area (Å²) in [5.74, 6) is -1.04. The molecule has 0 spiro atoms. The normalized spacial score (nSPS) is 11.9. The van der Waals surface area contributed by atoms with Crippen LogP contribution < -0.4 is 10.6 Å². The molecule has 40 heavy (non-hydrogen) atoms. The first-order valence-corrected chi connectivity index (χ1v) is 12.8. The summed E-state index contributed by atoms with van der Waals surface area (Å²) in [6.07, 6.45) is -4.60. The minimum absolute atomic E-state index is 0.0359. The van der Waals surface area contributed by atoms with Crippen molar-refractivity contribution in [3.63, 3.8) is 0 Å². The van der Waals surface area contributed by atoms with Gasteiger partial charge in [0.2, 0.25) is 5.91 Å². The number of hydrogen-bond acceptors (Lipinski definition) is 5. The number of amides is 2. The number of nitro benzene ring substituents is 1. The fourth-order valence-corrected chi connectivity index (χ4v) is 4.78. The van der Waals surface area contributed by atoms with Gasteiger partial charge in [-0.15, -0.1) is 11.8 Å². The van der Waals surface area contributed by atoms with Crippen LogP contribution in [0.4, 0.5) is 30.2 Å². The van der Waals surface area contributed by atoms with Crippen LogP contribution in [-0.2, 0) is 11.0 Å². The van der Waals surface area contributed by atoms with Crippen LogP contribution in [0.3, 0.4) is 0 Å². The summed E-state index contributed by atoms with van der Waals surface area (Å²) in [6.45, 7) is 0. The average molecular weight is 586 g/mol. The van der Waals surface area contributed by atoms with Gasteiger partial charge in [0, 0.05) is 28.3 Å². The predicted octanol–water partition coefficient (Wildman–Crippen LogP) is 7.99. The smallest absolute Gasteiger partial charge is 0.323 e. The molecule has 0 heterocycles. The third kappa shape index (κ3) is 7.19. The molecule has 1 atom stereocenters. The molecule has 0 bridgehead atoms. The van der Waals surface area contributed by atoms with E-state index in [1.54, 1.807) is 54.6 Å². The van der Waals surface area contributed by atoms with Crippen molar-refractivity contribution in [2.24, 2.45) is 0 Å². The summed E-state index contributed by atoms with van der Waals surface area (Å²) in [4.78, 5) is 36.7. The number of thioether (sulfide) groups is 1. The van der Waals surface area contributed by atoms with Gasteiger partial charge in [-0.1, -0.05) is 41.9 Å². The minimum Gasteiger partial charge on any atom is -0.323 e. The predicted molar refractivity (Wildman–Crippen MR) is 148 cm³/mol. The quantitative estimate of drug-likeness (QED) is 0.124. The third-order valence-electron chi connectivity index (χ3n) is 5.60. The Morgan fingerprint density at radius 2 is 1.52 bits per heavy atom. The van der Waals surface area contributed by atoms with Gasteiger partial charge in [0.25, 0.3) is 11.6 Å². The van der Waals surface area contributed by atoms with Gasteiger partial charge in [-0.2, -0.15) is 13.2 Å². The van der Waals surface area contributed by atoms with Gasteiger partial charge in [-0.3, -0.25) is 19.7 Å². The van der Waals surface area contributed by atoms with E-state index in [0.29, 0.717) is 16.1 Å². The number of rotatable bonds is 8. The van der Waals surface area contributed by atoms with Crippen molar-refractivity contribution in [3.05, 3.63) is 129 Å². The molecule has 2 N–H and O–H groups in total. The van der Waals surface area contributed by atoms with E-state index in [4.69, 9.17) is 11.6 Å². The second kappa shape index (κ2) is 12.2. The first-order chi connectivity index (χ1) is 19.0. The van der Waals surface area contributed by atoms with Crippen LogP contribution in [-0.4, -0.2) is 16.7 Å². The average Bonchev–Trinajstić information content (AvgIpc) is 2.93. The molecular formula is C28H19ClF3N3O4S. The number of anilines is 2. The number of alkyl halides is 3. The second-order valence-corrected chi connectivity index (χ2v) is 9.96. The molecule has 0 fully saturated rings. The Hall–Kier alpha value is -4.35. The number of hydrogen-bond donors (Lipinski definition) is 2. The summed E-state index contributed by atoms with van der Waals surface area (Å²) in [7, 11) is 0. The summed E-state index contributed by atoms with van der Waals surface area (Å²) in [6, 6.07) is 23.2. The van der Waals surface area contributed by atoms with Gasteiger partial charge in [0.1, 0.15) is 5.25 Å². The maximum Gasteiger partial charge on any atom is 0.416 e. The molecular weight excluding hydrogens is 567 g/mol. The lowest BCUT2D eigenvalue weighted by Gasteiger charge is -2.18. The zero-order chi connectivity index (χ0) is 28.9. The molecule has 1 unspecified atom stereocenters. The molecule has 0 saturated carbocycles. The van der Waals surface area contributed by atoms with E-state index in [1.807, 2.05) is 0 Å². The highest BCUT2D eigenvalue weighted by Gasteiger charge is 2.31. The van der Waals surface area contributed by atoms with E-state index >= 15 is 0 Å². The highest BCUT2D eigenvalue weighted by molar-refractivity contribution is 8.00. The Morgan fingerprint density at radius 3 is 2.12 bits per heavy atom. The monoisotopic (exact) mass is 585 g/mol. The van der Waals surface area contributed by atoms with E-state index in [0.717, 1.165) is 30.0 Å². The zero-order valence-corrected chi connectivity index (χ0v) is 21.9. The Kier molecular flexibility index (Phi) is 8.76. The SMILES string of the molecule is O=C(Nc1ccc(SC(C(=O)Nc2cc(C(F)(F)F)ccc2Cl)c2ccccc2)cc1)c1ccc([N+](=O)[O-])cc1. The number of benzene rings is 4. The summed E-state index contributed by atoms with van der Waals surface area (Å²) in [5.41, 5.74) is 0.0611. The lowest BCUT2D eigenvalue weighted by molar-refractivity contribution is -0.384. The molecule has 204 valence electrons. The number of nitro groups is 1. The number of carbonyl (C=O) groups is 2. The lowest BCUT2D eigenvalue weighted by Crippen LogP contribution is -2.19. The van der Waals surface area contributed by atoms with Crippen LogP contribution in [0.5, 0.6) is 0 Å². The van der Waals surface area contributed by atoms with Crippen LogP contribution in [0, 0.1) is 10.1 Å². The highest BCUT2D eigenvalue weighted by atomic mass is 35.5. The number of carbonyl (C=O) groups excluding carboxylic acids is 2. The molecule has 0 saturated heterocycles. The molecule has 0 aliphatic heterocycles. The van der Waals surface area contributed by atoms with Crippen LogP contribution in [0.15, 0.2) is 102 Å². The van der Waals surface area contributed by atoms with Gasteiger partial charge in [0.15, 0.2) is 0 Å². The van der Waals surface area contributed by atoms with Crippen molar-refractivity contribution in [3.8, 4) is 0 Å². The van der Waals surface area contributed by atoms with E-state index in [-0.39, 0.29) is 22.0 Å². The molecule has 0 aliphatic carbocycles. The van der Waals surface area contributed by atoms with Crippen molar-refractivity contribution in [2.45, 2.75) is 16.3 Å². The Bertz CT molecular complexity index is 1530. The number of nitrogens with zero attached hydrogens (tertiary/aromatic N) is 1. The van der Waals surface area contributed by atoms with E-state index in [9.17, 15) is 32.9 Å². The zero-order valence-electron chi connectivity index (χ0n) is 20.3. The van der Waals surface area contributed by atoms with Crippen LogP contribution >= 0.6 is 23.4 Å². The molecule has 4 rings (SSSR count). The second-order valence-electron chi connectivity index (χ2n) is 8.37. The van der Waals surface area contributed by atoms with Crippen LogP contribution in [0.25, 0.3) is 0 Å². The molecule has 4 aromatic carbocycles. The first kappa shape index (κ1) is 28.7. The molecule has 12 heteroatoms. The molecule has 0 aromatic heterocycles. The van der Waals surface area contributed by atoms with E-state index in [1.165, 1.54) is 24.3 Å². The van der Waals surface area contributed by atoms with Crippen molar-refractivity contribution in [1.29, 1.82) is 0 Å². The summed E-state index contributed by atoms with van der Waals surface area (Å²) < 4.78 is 39.6. The van der Waals surface area contributed by atoms with Crippen LogP contribution in [0.1, 0.15) is 26.7 Å². The molecule has 0 radical (unpaired) electrons. The van der Waals surface area contributed by atoms with Crippen molar-refractivity contribution < 1.29 is 27.7 Å². The van der Waals surface area contributed by atoms with Crippen molar-refractivity contribution in [2.75, 3.05) is 10.6 Å². The maximum absolute atomic E-state index is 13.3. The van der Waals surface area contributed by atoms with Gasteiger partial charge >= 0.3 is 6.18 Å². The third-order valence-corrected chi connectivity index (χ3v) is 7.19. The fourth-order valence-electron chi connectivity index (χ4n) is 3.59. The van der Waals surface area contributed by atoms with Gasteiger partial charge in [-0.05, 0) is 60.2 Å². The van der Waals surface area contributed by atoms with Crippen molar-refractivity contribution >= 4 is 52.2 Å². The topological polar surface area (TPSA) is 101 Å². The van der Waals surface area contributed by atoms with Gasteiger partial charge in [-0.25, -0.2) is 0 Å². The molecule has 0 aliphatic rings. The minimum atomic E-state index is -4.60. The lowest BCUT2D eigenvalue weighted by atomic mass is 10.1. The molecule has 2 amide bonds. The Morgan fingerprint density at radius 1 is 0.875 bits per heavy atom. The molecule has 7 nitrogen and oxygen atoms in total. The van der Waals surface area contributed by atoms with Crippen LogP contribution in [0.2, 0.25) is 5.02 Å². The Balaban J connectivity index is 1.50. The summed E-state index contributed by atoms with van der Waals surface area (Å²) in [5, 5.41) is 15.1. The molecule has 4 aromatic rings. The summed E-state index contributed by atoms with van der Waals surface area (Å²) >= 11 is 7.23. The fraction of sp³-hybridized carbons (Fsp3) is 0.0714. The van der Waals surface area contributed by atoms with Gasteiger partial charge < -0.3 is 10.6 Å². The Labute approximate surface area is 235 Å². The number of nitrogens with one attached hydrogen (secondary N) is 2. The van der Waals surface area contributed by atoms with Crippen molar-refractivity contribution in [1.82, 2.24) is 0 Å². The maximum atomic E-state index is 13.3. The number of non-ortho nitro benzene ring substituents is 1.